The first-order valence-corrected chi connectivity index (χ1v) is 7.23. The number of carbonyl (C=O) groups is 1. The third kappa shape index (κ3) is 3.58. The van der Waals surface area contributed by atoms with Crippen molar-refractivity contribution in [1.29, 1.82) is 0 Å². The number of carboxylic acids is 1. The Morgan fingerprint density at radius 1 is 1.40 bits per heavy atom. The molecule has 0 heterocycles. The molecule has 0 radical (unpaired) electrons. The van der Waals surface area contributed by atoms with Gasteiger partial charge < -0.3 is 15.5 Å². The first kappa shape index (κ1) is 15.0. The van der Waals surface area contributed by atoms with Crippen molar-refractivity contribution >= 4 is 5.97 Å². The molecule has 3 N–H and O–H groups in total. The van der Waals surface area contributed by atoms with Gasteiger partial charge in [-0.15, -0.1) is 0 Å². The summed E-state index contributed by atoms with van der Waals surface area (Å²) in [6.07, 6.45) is 4.38. The average Bonchev–Trinajstić information content (AvgIpc) is 2.45. The molecule has 1 aromatic carbocycles. The maximum atomic E-state index is 10.8. The van der Waals surface area contributed by atoms with Crippen molar-refractivity contribution in [1.82, 2.24) is 5.32 Å². The molecule has 0 bridgehead atoms. The number of aromatic carboxylic acids is 1. The minimum atomic E-state index is -0.905. The fraction of sp³-hybridized carbons (Fsp3) is 0.562. The average molecular weight is 277 g/mol. The molecule has 1 saturated carbocycles. The van der Waals surface area contributed by atoms with Crippen LogP contribution in [0.2, 0.25) is 0 Å². The lowest BCUT2D eigenvalue weighted by atomic mass is 9.77. The van der Waals surface area contributed by atoms with Gasteiger partial charge in [0.25, 0.3) is 0 Å². The minimum Gasteiger partial charge on any atom is -0.478 e. The van der Waals surface area contributed by atoms with Crippen molar-refractivity contribution in [2.24, 2.45) is 5.92 Å². The maximum Gasteiger partial charge on any atom is 0.335 e. The van der Waals surface area contributed by atoms with Gasteiger partial charge >= 0.3 is 5.97 Å². The highest BCUT2D eigenvalue weighted by molar-refractivity contribution is 5.87. The molecule has 0 saturated heterocycles. The second-order valence-corrected chi connectivity index (χ2v) is 6.00. The van der Waals surface area contributed by atoms with Crippen LogP contribution >= 0.6 is 0 Å². The summed E-state index contributed by atoms with van der Waals surface area (Å²) in [5.74, 6) is -0.268. The topological polar surface area (TPSA) is 69.6 Å². The lowest BCUT2D eigenvalue weighted by Gasteiger charge is -2.39. The molecule has 2 unspecified atom stereocenters. The fourth-order valence-corrected chi connectivity index (χ4v) is 3.07. The van der Waals surface area contributed by atoms with Gasteiger partial charge in [0.2, 0.25) is 0 Å². The lowest BCUT2D eigenvalue weighted by molar-refractivity contribution is 0.0697. The number of nitrogens with one attached hydrogen (secondary N) is 1. The van der Waals surface area contributed by atoms with E-state index >= 15 is 0 Å². The summed E-state index contributed by atoms with van der Waals surface area (Å²) in [6, 6.07) is 6.89. The molecule has 0 aliphatic heterocycles. The van der Waals surface area contributed by atoms with E-state index in [1.807, 2.05) is 12.1 Å². The first-order valence-electron chi connectivity index (χ1n) is 7.23. The Labute approximate surface area is 119 Å². The predicted octanol–water partition coefficient (Wildman–Crippen LogP) is 2.42. The van der Waals surface area contributed by atoms with Gasteiger partial charge in [-0.2, -0.15) is 0 Å². The first-order chi connectivity index (χ1) is 9.54. The number of benzene rings is 1. The Bertz CT molecular complexity index is 457. The second-order valence-electron chi connectivity index (χ2n) is 6.00. The molecule has 1 aliphatic carbocycles. The molecule has 1 fully saturated rings. The smallest absolute Gasteiger partial charge is 0.335 e. The Balaban J connectivity index is 1.97. The van der Waals surface area contributed by atoms with Crippen LogP contribution in [0.1, 0.15) is 48.5 Å². The van der Waals surface area contributed by atoms with E-state index in [0.717, 1.165) is 24.8 Å². The highest BCUT2D eigenvalue weighted by Crippen LogP contribution is 2.32. The third-order valence-corrected chi connectivity index (χ3v) is 4.26. The molecule has 1 aromatic rings. The minimum absolute atomic E-state index is 0.157. The van der Waals surface area contributed by atoms with Gasteiger partial charge in [-0.3, -0.25) is 0 Å². The van der Waals surface area contributed by atoms with Gasteiger partial charge in [0.1, 0.15) is 0 Å². The fourth-order valence-electron chi connectivity index (χ4n) is 3.07. The maximum absolute atomic E-state index is 10.8. The number of rotatable bonds is 5. The molecule has 4 heteroatoms. The van der Waals surface area contributed by atoms with E-state index in [4.69, 9.17) is 5.11 Å². The van der Waals surface area contributed by atoms with Crippen LogP contribution in [-0.2, 0) is 6.54 Å². The number of carboxylic acid groups (broad SMARTS) is 1. The van der Waals surface area contributed by atoms with E-state index in [2.05, 4.69) is 12.2 Å². The highest BCUT2D eigenvalue weighted by atomic mass is 16.4. The molecule has 0 amide bonds. The van der Waals surface area contributed by atoms with E-state index in [-0.39, 0.29) is 12.1 Å². The van der Waals surface area contributed by atoms with E-state index < -0.39 is 5.97 Å². The molecule has 1 aliphatic rings. The van der Waals surface area contributed by atoms with Gasteiger partial charge in [0.05, 0.1) is 12.2 Å². The van der Waals surface area contributed by atoms with Crippen molar-refractivity contribution in [2.75, 3.05) is 6.61 Å². The quantitative estimate of drug-likeness (QED) is 0.773. The molecule has 0 aromatic heterocycles. The van der Waals surface area contributed by atoms with Crippen LogP contribution < -0.4 is 5.32 Å². The molecule has 2 rings (SSSR count). The molecule has 2 atom stereocenters. The Hall–Kier alpha value is -1.39. The van der Waals surface area contributed by atoms with Crippen LogP contribution in [0.5, 0.6) is 0 Å². The third-order valence-electron chi connectivity index (χ3n) is 4.26. The Kier molecular flexibility index (Phi) is 4.78. The molecule has 110 valence electrons. The summed E-state index contributed by atoms with van der Waals surface area (Å²) in [5.41, 5.74) is 1.17. The Morgan fingerprint density at radius 3 is 2.65 bits per heavy atom. The normalized spacial score (nSPS) is 26.4. The SMILES string of the molecule is CC1CCCC(CO)(NCc2ccc(C(=O)O)cc2)C1. The van der Waals surface area contributed by atoms with Crippen LogP contribution in [0.15, 0.2) is 24.3 Å². The van der Waals surface area contributed by atoms with Crippen molar-refractivity contribution < 1.29 is 15.0 Å². The summed E-state index contributed by atoms with van der Waals surface area (Å²) in [5, 5.41) is 22.1. The van der Waals surface area contributed by atoms with E-state index in [9.17, 15) is 9.90 Å². The second kappa shape index (κ2) is 6.37. The van der Waals surface area contributed by atoms with Gasteiger partial charge in [-0.25, -0.2) is 4.79 Å². The zero-order valence-electron chi connectivity index (χ0n) is 11.9. The number of aliphatic hydroxyl groups is 1. The number of aliphatic hydroxyl groups excluding tert-OH is 1. The van der Waals surface area contributed by atoms with Crippen LogP contribution in [-0.4, -0.2) is 28.3 Å². The molecule has 20 heavy (non-hydrogen) atoms. The van der Waals surface area contributed by atoms with Gasteiger partial charge in [0.15, 0.2) is 0 Å². The molecule has 0 spiro atoms. The zero-order valence-corrected chi connectivity index (χ0v) is 11.9. The van der Waals surface area contributed by atoms with Crippen LogP contribution in [0, 0.1) is 5.92 Å². The van der Waals surface area contributed by atoms with Gasteiger partial charge in [-0.05, 0) is 36.5 Å². The Morgan fingerprint density at radius 2 is 2.10 bits per heavy atom. The van der Waals surface area contributed by atoms with E-state index in [1.165, 1.54) is 6.42 Å². The van der Waals surface area contributed by atoms with E-state index in [1.54, 1.807) is 12.1 Å². The highest BCUT2D eigenvalue weighted by Gasteiger charge is 2.33. The van der Waals surface area contributed by atoms with Crippen molar-refractivity contribution in [3.8, 4) is 0 Å². The summed E-state index contributed by atoms with van der Waals surface area (Å²) in [7, 11) is 0. The largest absolute Gasteiger partial charge is 0.478 e. The van der Waals surface area contributed by atoms with E-state index in [0.29, 0.717) is 18.0 Å². The van der Waals surface area contributed by atoms with Crippen LogP contribution in [0.4, 0.5) is 0 Å². The summed E-state index contributed by atoms with van der Waals surface area (Å²) in [6.45, 7) is 3.05. The summed E-state index contributed by atoms with van der Waals surface area (Å²) in [4.78, 5) is 10.8. The monoisotopic (exact) mass is 277 g/mol. The molecule has 4 nitrogen and oxygen atoms in total. The van der Waals surface area contributed by atoms with Crippen molar-refractivity contribution in [3.63, 3.8) is 0 Å². The molecular weight excluding hydrogens is 254 g/mol. The predicted molar refractivity (Wildman–Crippen MR) is 77.7 cm³/mol. The van der Waals surface area contributed by atoms with Crippen LogP contribution in [0.3, 0.4) is 0 Å². The van der Waals surface area contributed by atoms with Gasteiger partial charge in [0, 0.05) is 12.1 Å². The number of hydrogen-bond acceptors (Lipinski definition) is 3. The summed E-state index contributed by atoms with van der Waals surface area (Å²) >= 11 is 0. The standard InChI is InChI=1S/C16H23NO3/c1-12-3-2-8-16(9-12,11-18)17-10-13-4-6-14(7-5-13)15(19)20/h4-7,12,17-18H,2-3,8-11H2,1H3,(H,19,20). The van der Waals surface area contributed by atoms with Crippen molar-refractivity contribution in [2.45, 2.75) is 44.7 Å². The zero-order chi connectivity index (χ0) is 14.6. The lowest BCUT2D eigenvalue weighted by Crippen LogP contribution is -2.51. The molecular formula is C16H23NO3. The van der Waals surface area contributed by atoms with Gasteiger partial charge in [-0.1, -0.05) is 31.9 Å². The van der Waals surface area contributed by atoms with Crippen molar-refractivity contribution in [3.05, 3.63) is 35.4 Å². The summed E-state index contributed by atoms with van der Waals surface area (Å²) < 4.78 is 0. The van der Waals surface area contributed by atoms with Crippen LogP contribution in [0.25, 0.3) is 0 Å². The number of hydrogen-bond donors (Lipinski definition) is 3.